The molecule has 2 aromatic rings. The first-order valence-electron chi connectivity index (χ1n) is 6.97. The maximum Gasteiger partial charge on any atom is 0.186 e. The Morgan fingerprint density at radius 3 is 2.71 bits per heavy atom. The second-order valence-electron chi connectivity index (χ2n) is 5.29. The Morgan fingerprint density at radius 2 is 2.05 bits per heavy atom. The van der Waals surface area contributed by atoms with Crippen molar-refractivity contribution in [3.8, 4) is 0 Å². The molecular formula is C15H21N3O2S. The van der Waals surface area contributed by atoms with Crippen molar-refractivity contribution in [2.24, 2.45) is 0 Å². The second kappa shape index (κ2) is 5.89. The highest BCUT2D eigenvalue weighted by Crippen LogP contribution is 2.25. The van der Waals surface area contributed by atoms with Gasteiger partial charge in [0.15, 0.2) is 9.84 Å². The molecule has 2 rings (SSSR count). The third kappa shape index (κ3) is 3.26. The van der Waals surface area contributed by atoms with Crippen molar-refractivity contribution in [3.63, 3.8) is 0 Å². The van der Waals surface area contributed by atoms with Crippen LogP contribution in [0.25, 0.3) is 0 Å². The van der Waals surface area contributed by atoms with Crippen LogP contribution in [0.2, 0.25) is 0 Å². The van der Waals surface area contributed by atoms with E-state index in [4.69, 9.17) is 5.73 Å². The molecule has 0 aliphatic heterocycles. The lowest BCUT2D eigenvalue weighted by molar-refractivity contribution is 0.475. The van der Waals surface area contributed by atoms with Crippen LogP contribution in [-0.2, 0) is 15.6 Å². The summed E-state index contributed by atoms with van der Waals surface area (Å²) in [6.45, 7) is 5.91. The van der Waals surface area contributed by atoms with E-state index < -0.39 is 9.84 Å². The molecule has 0 amide bonds. The molecule has 21 heavy (non-hydrogen) atoms. The molecule has 2 N–H and O–H groups in total. The number of anilines is 1. The van der Waals surface area contributed by atoms with Gasteiger partial charge < -0.3 is 5.73 Å². The fraction of sp³-hybridized carbons (Fsp3) is 0.400. The van der Waals surface area contributed by atoms with Gasteiger partial charge in [0.2, 0.25) is 0 Å². The van der Waals surface area contributed by atoms with Gasteiger partial charge in [0.1, 0.15) is 0 Å². The molecule has 6 heteroatoms. The molecule has 0 radical (unpaired) electrons. The molecule has 0 saturated heterocycles. The SMILES string of the molecule is CCC(C)n1ccc(CS(=O)(=O)c2cccc(C)c2N)n1. The number of para-hydroxylation sites is 1. The van der Waals surface area contributed by atoms with Crippen molar-refractivity contribution in [1.82, 2.24) is 9.78 Å². The maximum atomic E-state index is 12.5. The minimum atomic E-state index is -3.49. The lowest BCUT2D eigenvalue weighted by Gasteiger charge is -2.09. The van der Waals surface area contributed by atoms with Crippen LogP contribution in [0.5, 0.6) is 0 Å². The summed E-state index contributed by atoms with van der Waals surface area (Å²) in [6, 6.07) is 7.05. The highest BCUT2D eigenvalue weighted by Gasteiger charge is 2.20. The van der Waals surface area contributed by atoms with E-state index in [1.807, 2.05) is 13.1 Å². The summed E-state index contributed by atoms with van der Waals surface area (Å²) in [6.07, 6.45) is 2.76. The van der Waals surface area contributed by atoms with Gasteiger partial charge in [0, 0.05) is 12.2 Å². The van der Waals surface area contributed by atoms with Crippen LogP contribution in [0, 0.1) is 6.92 Å². The molecule has 0 spiro atoms. The Labute approximate surface area is 125 Å². The zero-order chi connectivity index (χ0) is 15.6. The Morgan fingerprint density at radius 1 is 1.33 bits per heavy atom. The summed E-state index contributed by atoms with van der Waals surface area (Å²) in [5, 5.41) is 4.34. The van der Waals surface area contributed by atoms with E-state index in [0.29, 0.717) is 11.4 Å². The molecule has 5 nitrogen and oxygen atoms in total. The van der Waals surface area contributed by atoms with Crippen LogP contribution >= 0.6 is 0 Å². The number of hydrogen-bond donors (Lipinski definition) is 1. The fourth-order valence-corrected chi connectivity index (χ4v) is 3.57. The van der Waals surface area contributed by atoms with E-state index in [1.165, 1.54) is 0 Å². The predicted molar refractivity (Wildman–Crippen MR) is 83.7 cm³/mol. The van der Waals surface area contributed by atoms with E-state index >= 15 is 0 Å². The van der Waals surface area contributed by atoms with Crippen LogP contribution in [0.1, 0.15) is 37.6 Å². The van der Waals surface area contributed by atoms with Crippen molar-refractivity contribution in [2.45, 2.75) is 43.9 Å². The Bertz CT molecular complexity index is 735. The summed E-state index contributed by atoms with van der Waals surface area (Å²) in [7, 11) is -3.49. The van der Waals surface area contributed by atoms with Crippen molar-refractivity contribution in [3.05, 3.63) is 41.7 Å². The standard InChI is InChI=1S/C15H21N3O2S/c1-4-12(3)18-9-8-13(17-18)10-21(19,20)14-7-5-6-11(2)15(14)16/h5-9,12H,4,10,16H2,1-3H3. The Hall–Kier alpha value is -1.82. The molecule has 1 atom stereocenters. The fourth-order valence-electron chi connectivity index (χ4n) is 2.08. The predicted octanol–water partition coefficient (Wildman–Crippen LogP) is 2.72. The largest absolute Gasteiger partial charge is 0.397 e. The highest BCUT2D eigenvalue weighted by atomic mass is 32.2. The van der Waals surface area contributed by atoms with Crippen LogP contribution < -0.4 is 5.73 Å². The van der Waals surface area contributed by atoms with Crippen LogP contribution in [0.15, 0.2) is 35.4 Å². The number of nitrogen functional groups attached to an aromatic ring is 1. The Balaban J connectivity index is 2.29. The summed E-state index contributed by atoms with van der Waals surface area (Å²) in [5.41, 5.74) is 7.51. The number of nitrogens with zero attached hydrogens (tertiary/aromatic N) is 2. The molecule has 1 heterocycles. The molecule has 114 valence electrons. The molecule has 1 unspecified atom stereocenters. The number of benzene rings is 1. The molecule has 0 saturated carbocycles. The van der Waals surface area contributed by atoms with Crippen molar-refractivity contribution < 1.29 is 8.42 Å². The normalized spacial score (nSPS) is 13.3. The summed E-state index contributed by atoms with van der Waals surface area (Å²) in [4.78, 5) is 0.181. The van der Waals surface area contributed by atoms with Gasteiger partial charge in [-0.25, -0.2) is 8.42 Å². The average Bonchev–Trinajstić information content (AvgIpc) is 2.88. The molecule has 0 aliphatic carbocycles. The van der Waals surface area contributed by atoms with E-state index in [9.17, 15) is 8.42 Å². The smallest absolute Gasteiger partial charge is 0.186 e. The van der Waals surface area contributed by atoms with Gasteiger partial charge in [-0.05, 0) is 38.0 Å². The zero-order valence-electron chi connectivity index (χ0n) is 12.6. The number of nitrogens with two attached hydrogens (primary N) is 1. The molecule has 0 bridgehead atoms. The third-order valence-corrected chi connectivity index (χ3v) is 5.37. The van der Waals surface area contributed by atoms with Crippen molar-refractivity contribution >= 4 is 15.5 Å². The van der Waals surface area contributed by atoms with Gasteiger partial charge in [-0.3, -0.25) is 4.68 Å². The first-order valence-corrected chi connectivity index (χ1v) is 8.62. The number of sulfone groups is 1. The minimum absolute atomic E-state index is 0.135. The second-order valence-corrected chi connectivity index (χ2v) is 7.25. The molecule has 1 aromatic carbocycles. The summed E-state index contributed by atoms with van der Waals surface area (Å²) >= 11 is 0. The average molecular weight is 307 g/mol. The van der Waals surface area contributed by atoms with Gasteiger partial charge in [-0.2, -0.15) is 5.10 Å². The third-order valence-electron chi connectivity index (χ3n) is 3.66. The van der Waals surface area contributed by atoms with Crippen LogP contribution in [-0.4, -0.2) is 18.2 Å². The van der Waals surface area contributed by atoms with Gasteiger partial charge >= 0.3 is 0 Å². The molecule has 1 aromatic heterocycles. The number of rotatable bonds is 5. The van der Waals surface area contributed by atoms with E-state index in [0.717, 1.165) is 12.0 Å². The minimum Gasteiger partial charge on any atom is -0.397 e. The van der Waals surface area contributed by atoms with Crippen LogP contribution in [0.4, 0.5) is 5.69 Å². The number of aryl methyl sites for hydroxylation is 1. The molecular weight excluding hydrogens is 286 g/mol. The Kier molecular flexibility index (Phi) is 4.37. The summed E-state index contributed by atoms with van der Waals surface area (Å²) in [5.74, 6) is -0.135. The van der Waals surface area contributed by atoms with E-state index in [-0.39, 0.29) is 16.7 Å². The quantitative estimate of drug-likeness (QED) is 0.862. The molecule has 0 aliphatic rings. The van der Waals surface area contributed by atoms with Gasteiger partial charge in [0.25, 0.3) is 0 Å². The topological polar surface area (TPSA) is 78.0 Å². The maximum absolute atomic E-state index is 12.5. The van der Waals surface area contributed by atoms with E-state index in [1.54, 1.807) is 35.9 Å². The monoisotopic (exact) mass is 307 g/mol. The van der Waals surface area contributed by atoms with E-state index in [2.05, 4.69) is 12.0 Å². The van der Waals surface area contributed by atoms with Gasteiger partial charge in [-0.15, -0.1) is 0 Å². The zero-order valence-corrected chi connectivity index (χ0v) is 13.4. The lowest BCUT2D eigenvalue weighted by atomic mass is 10.2. The van der Waals surface area contributed by atoms with Gasteiger partial charge in [0.05, 0.1) is 22.0 Å². The first kappa shape index (κ1) is 15.6. The highest BCUT2D eigenvalue weighted by molar-refractivity contribution is 7.90. The van der Waals surface area contributed by atoms with Crippen molar-refractivity contribution in [1.29, 1.82) is 0 Å². The molecule has 0 fully saturated rings. The number of hydrogen-bond acceptors (Lipinski definition) is 4. The first-order chi connectivity index (χ1) is 9.85. The lowest BCUT2D eigenvalue weighted by Crippen LogP contribution is -2.10. The van der Waals surface area contributed by atoms with Gasteiger partial charge in [-0.1, -0.05) is 19.1 Å². The summed E-state index contributed by atoms with van der Waals surface area (Å²) < 4.78 is 26.8. The van der Waals surface area contributed by atoms with Crippen molar-refractivity contribution in [2.75, 3.05) is 5.73 Å². The van der Waals surface area contributed by atoms with Crippen LogP contribution in [0.3, 0.4) is 0 Å². The number of aromatic nitrogens is 2.